The van der Waals surface area contributed by atoms with E-state index >= 15 is 0 Å². The highest BCUT2D eigenvalue weighted by molar-refractivity contribution is 6.31. The van der Waals surface area contributed by atoms with Crippen molar-refractivity contribution in [3.8, 4) is 5.75 Å². The Kier molecular flexibility index (Phi) is 4.02. The molecule has 2 unspecified atom stereocenters. The van der Waals surface area contributed by atoms with Crippen molar-refractivity contribution in [1.82, 2.24) is 0 Å². The molecule has 1 amide bonds. The molecule has 0 aliphatic heterocycles. The molecule has 104 valence electrons. The number of benzene rings is 1. The van der Waals surface area contributed by atoms with Gasteiger partial charge in [0.25, 0.3) is 0 Å². The third kappa shape index (κ3) is 2.69. The van der Waals surface area contributed by atoms with Crippen molar-refractivity contribution in [2.45, 2.75) is 32.2 Å². The van der Waals surface area contributed by atoms with Crippen LogP contribution in [0.5, 0.6) is 5.75 Å². The molecule has 1 fully saturated rings. The smallest absolute Gasteiger partial charge is 0.231 e. The molecule has 3 N–H and O–H groups in total. The van der Waals surface area contributed by atoms with Crippen LogP contribution in [0.25, 0.3) is 0 Å². The molecule has 1 aromatic carbocycles. The Morgan fingerprint density at radius 2 is 2.32 bits per heavy atom. The van der Waals surface area contributed by atoms with E-state index in [-0.39, 0.29) is 11.9 Å². The highest BCUT2D eigenvalue weighted by Gasteiger charge is 2.43. The topological polar surface area (TPSA) is 64.3 Å². The zero-order valence-corrected chi connectivity index (χ0v) is 12.0. The van der Waals surface area contributed by atoms with Gasteiger partial charge in [0.05, 0.1) is 18.2 Å². The van der Waals surface area contributed by atoms with Crippen molar-refractivity contribution in [2.24, 2.45) is 11.1 Å². The Bertz CT molecular complexity index is 492. The van der Waals surface area contributed by atoms with Gasteiger partial charge in [-0.05, 0) is 38.0 Å². The fourth-order valence-corrected chi connectivity index (χ4v) is 2.69. The first-order chi connectivity index (χ1) is 8.97. The molecule has 4 nitrogen and oxygen atoms in total. The monoisotopic (exact) mass is 282 g/mol. The summed E-state index contributed by atoms with van der Waals surface area (Å²) in [7, 11) is 1.56. The van der Waals surface area contributed by atoms with Gasteiger partial charge in [-0.15, -0.1) is 0 Å². The lowest BCUT2D eigenvalue weighted by Gasteiger charge is -2.27. The number of nitrogens with one attached hydrogen (secondary N) is 1. The van der Waals surface area contributed by atoms with E-state index in [2.05, 4.69) is 5.32 Å². The summed E-state index contributed by atoms with van der Waals surface area (Å²) in [6.07, 6.45) is 2.68. The molecule has 19 heavy (non-hydrogen) atoms. The first-order valence-electron chi connectivity index (χ1n) is 6.38. The van der Waals surface area contributed by atoms with Gasteiger partial charge >= 0.3 is 0 Å². The predicted octanol–water partition coefficient (Wildman–Crippen LogP) is 2.80. The summed E-state index contributed by atoms with van der Waals surface area (Å²) in [5.74, 6) is 0.519. The van der Waals surface area contributed by atoms with E-state index in [1.165, 1.54) is 0 Å². The average molecular weight is 283 g/mol. The second-order valence-electron chi connectivity index (χ2n) is 5.21. The molecule has 0 heterocycles. The van der Waals surface area contributed by atoms with Crippen molar-refractivity contribution in [3.05, 3.63) is 23.2 Å². The van der Waals surface area contributed by atoms with E-state index in [9.17, 15) is 4.79 Å². The van der Waals surface area contributed by atoms with Gasteiger partial charge in [-0.2, -0.15) is 0 Å². The number of nitrogens with two attached hydrogens (primary N) is 1. The molecule has 5 heteroatoms. The van der Waals surface area contributed by atoms with Crippen LogP contribution in [-0.2, 0) is 4.79 Å². The summed E-state index contributed by atoms with van der Waals surface area (Å²) in [5, 5.41) is 3.44. The SMILES string of the molecule is COc1ccc(Cl)cc1NC(=O)C1(C)CCCC1N. The zero-order chi connectivity index (χ0) is 14.0. The van der Waals surface area contributed by atoms with Gasteiger partial charge < -0.3 is 15.8 Å². The predicted molar refractivity (Wildman–Crippen MR) is 76.6 cm³/mol. The molecule has 1 aliphatic rings. The molecule has 2 atom stereocenters. The van der Waals surface area contributed by atoms with Crippen molar-refractivity contribution in [3.63, 3.8) is 0 Å². The summed E-state index contributed by atoms with van der Waals surface area (Å²) in [6, 6.07) is 5.04. The van der Waals surface area contributed by atoms with Crippen LogP contribution in [0.15, 0.2) is 18.2 Å². The van der Waals surface area contributed by atoms with Crippen LogP contribution in [0.4, 0.5) is 5.69 Å². The van der Waals surface area contributed by atoms with Gasteiger partial charge in [0.15, 0.2) is 0 Å². The van der Waals surface area contributed by atoms with Crippen molar-refractivity contribution in [1.29, 1.82) is 0 Å². The largest absolute Gasteiger partial charge is 0.495 e. The lowest BCUT2D eigenvalue weighted by atomic mass is 9.84. The van der Waals surface area contributed by atoms with Crippen LogP contribution in [0.2, 0.25) is 5.02 Å². The second-order valence-corrected chi connectivity index (χ2v) is 5.65. The van der Waals surface area contributed by atoms with Crippen molar-refractivity contribution in [2.75, 3.05) is 12.4 Å². The summed E-state index contributed by atoms with van der Waals surface area (Å²) >= 11 is 5.95. The van der Waals surface area contributed by atoms with Crippen molar-refractivity contribution >= 4 is 23.2 Å². The van der Waals surface area contributed by atoms with Crippen LogP contribution in [0, 0.1) is 5.41 Å². The summed E-state index contributed by atoms with van der Waals surface area (Å²) in [5.41, 5.74) is 6.11. The number of rotatable bonds is 3. The highest BCUT2D eigenvalue weighted by atomic mass is 35.5. The molecule has 1 saturated carbocycles. The Morgan fingerprint density at radius 3 is 2.89 bits per heavy atom. The fourth-order valence-electron chi connectivity index (χ4n) is 2.52. The Balaban J connectivity index is 2.21. The highest BCUT2D eigenvalue weighted by Crippen LogP contribution is 2.38. The molecule has 0 aromatic heterocycles. The van der Waals surface area contributed by atoms with Gasteiger partial charge in [-0.25, -0.2) is 0 Å². The summed E-state index contributed by atoms with van der Waals surface area (Å²) in [4.78, 5) is 12.4. The van der Waals surface area contributed by atoms with E-state index in [0.717, 1.165) is 19.3 Å². The lowest BCUT2D eigenvalue weighted by molar-refractivity contribution is -0.125. The van der Waals surface area contributed by atoms with E-state index < -0.39 is 5.41 Å². The van der Waals surface area contributed by atoms with E-state index in [0.29, 0.717) is 16.5 Å². The van der Waals surface area contributed by atoms with E-state index in [4.69, 9.17) is 22.1 Å². The maximum absolute atomic E-state index is 12.4. The molecule has 0 spiro atoms. The minimum absolute atomic E-state index is 0.0712. The molecule has 1 aromatic rings. The number of anilines is 1. The standard InChI is InChI=1S/C14H19ClN2O2/c1-14(7-3-4-12(14)16)13(18)17-10-8-9(15)5-6-11(10)19-2/h5-6,8,12H,3-4,7,16H2,1-2H3,(H,17,18). The van der Waals surface area contributed by atoms with E-state index in [1.807, 2.05) is 6.92 Å². The number of hydrogen-bond donors (Lipinski definition) is 2. The maximum atomic E-state index is 12.4. The zero-order valence-electron chi connectivity index (χ0n) is 11.2. The summed E-state index contributed by atoms with van der Waals surface area (Å²) < 4.78 is 5.22. The Hall–Kier alpha value is -1.26. The Labute approximate surface area is 118 Å². The normalized spacial score (nSPS) is 26.2. The lowest BCUT2D eigenvalue weighted by Crippen LogP contribution is -2.44. The van der Waals surface area contributed by atoms with E-state index in [1.54, 1.807) is 25.3 Å². The maximum Gasteiger partial charge on any atom is 0.231 e. The Morgan fingerprint density at radius 1 is 1.58 bits per heavy atom. The molecular weight excluding hydrogens is 264 g/mol. The third-order valence-electron chi connectivity index (χ3n) is 3.96. The number of halogens is 1. The quantitative estimate of drug-likeness (QED) is 0.896. The van der Waals surface area contributed by atoms with Crippen LogP contribution in [0.3, 0.4) is 0 Å². The minimum atomic E-state index is -0.521. The second kappa shape index (κ2) is 5.39. The molecular formula is C14H19ClN2O2. The number of carbonyl (C=O) groups excluding carboxylic acids is 1. The fraction of sp³-hybridized carbons (Fsp3) is 0.500. The van der Waals surface area contributed by atoms with Crippen LogP contribution in [-0.4, -0.2) is 19.1 Å². The number of carbonyl (C=O) groups is 1. The molecule has 1 aliphatic carbocycles. The molecule has 0 bridgehead atoms. The first-order valence-corrected chi connectivity index (χ1v) is 6.76. The number of hydrogen-bond acceptors (Lipinski definition) is 3. The third-order valence-corrected chi connectivity index (χ3v) is 4.19. The molecule has 2 rings (SSSR count). The van der Waals surface area contributed by atoms with Crippen LogP contribution in [0.1, 0.15) is 26.2 Å². The van der Waals surface area contributed by atoms with Crippen molar-refractivity contribution < 1.29 is 9.53 Å². The van der Waals surface area contributed by atoms with Gasteiger partial charge in [0, 0.05) is 11.1 Å². The van der Waals surface area contributed by atoms with Gasteiger partial charge in [-0.3, -0.25) is 4.79 Å². The minimum Gasteiger partial charge on any atom is -0.495 e. The van der Waals surface area contributed by atoms with Gasteiger partial charge in [-0.1, -0.05) is 18.0 Å². The summed E-state index contributed by atoms with van der Waals surface area (Å²) in [6.45, 7) is 1.91. The van der Waals surface area contributed by atoms with Gasteiger partial charge in [0.2, 0.25) is 5.91 Å². The molecule has 0 saturated heterocycles. The average Bonchev–Trinajstić information content (AvgIpc) is 2.71. The first kappa shape index (κ1) is 14.2. The van der Waals surface area contributed by atoms with Crippen LogP contribution >= 0.6 is 11.6 Å². The van der Waals surface area contributed by atoms with Gasteiger partial charge in [0.1, 0.15) is 5.75 Å². The number of ether oxygens (including phenoxy) is 1. The molecule has 0 radical (unpaired) electrons. The number of methoxy groups -OCH3 is 1. The number of amides is 1. The van der Waals surface area contributed by atoms with Crippen LogP contribution < -0.4 is 15.8 Å².